The molecule has 0 fully saturated rings. The largest absolute Gasteiger partial charge is 0.497 e. The van der Waals surface area contributed by atoms with Crippen molar-refractivity contribution < 1.29 is 9.53 Å². The van der Waals surface area contributed by atoms with Crippen molar-refractivity contribution in [2.24, 2.45) is 0 Å². The highest BCUT2D eigenvalue weighted by Gasteiger charge is 2.30. The maximum atomic E-state index is 12.4. The summed E-state index contributed by atoms with van der Waals surface area (Å²) in [6.07, 6.45) is 0. The third kappa shape index (κ3) is 3.32. The second kappa shape index (κ2) is 7.12. The Kier molecular flexibility index (Phi) is 4.66. The molecule has 1 aliphatic rings. The number of nitrogens with zero attached hydrogens (tertiary/aromatic N) is 2. The lowest BCUT2D eigenvalue weighted by Crippen LogP contribution is -2.15. The van der Waals surface area contributed by atoms with Crippen molar-refractivity contribution in [1.82, 2.24) is 9.78 Å². The molecule has 6 heteroatoms. The molecule has 1 N–H and O–H groups in total. The van der Waals surface area contributed by atoms with Crippen LogP contribution in [0.25, 0.3) is 5.69 Å². The summed E-state index contributed by atoms with van der Waals surface area (Å²) in [5.74, 6) is 1.93. The summed E-state index contributed by atoms with van der Waals surface area (Å²) in [6.45, 7) is 4.07. The average Bonchev–Trinajstić information content (AvgIpc) is 2.88. The van der Waals surface area contributed by atoms with E-state index in [1.807, 2.05) is 35.9 Å². The predicted molar refractivity (Wildman–Crippen MR) is 109 cm³/mol. The van der Waals surface area contributed by atoms with E-state index in [4.69, 9.17) is 9.84 Å². The van der Waals surface area contributed by atoms with Crippen LogP contribution in [-0.4, -0.2) is 28.6 Å². The zero-order valence-electron chi connectivity index (χ0n) is 15.5. The molecule has 1 amide bonds. The van der Waals surface area contributed by atoms with Gasteiger partial charge in [-0.2, -0.15) is 5.10 Å². The fourth-order valence-corrected chi connectivity index (χ4v) is 4.49. The number of rotatable bonds is 3. The Morgan fingerprint density at radius 2 is 1.81 bits per heavy atom. The summed E-state index contributed by atoms with van der Waals surface area (Å²) in [6, 6.07) is 16.2. The zero-order valence-corrected chi connectivity index (χ0v) is 16.3. The van der Waals surface area contributed by atoms with Gasteiger partial charge < -0.3 is 10.1 Å². The van der Waals surface area contributed by atoms with E-state index in [0.717, 1.165) is 28.5 Å². The number of thioether (sulfide) groups is 1. The SMILES string of the molecule is COc1ccc(-n2nc(C)c3c2NC(=O)CS[C@H]3c2ccc(C)cc2)cc1. The molecule has 3 aromatic rings. The molecule has 0 saturated heterocycles. The lowest BCUT2D eigenvalue weighted by Gasteiger charge is -2.15. The fourth-order valence-electron chi connectivity index (χ4n) is 3.30. The average molecular weight is 379 g/mol. The maximum Gasteiger partial charge on any atom is 0.235 e. The highest BCUT2D eigenvalue weighted by molar-refractivity contribution is 8.00. The Bertz CT molecular complexity index is 978. The molecule has 0 bridgehead atoms. The van der Waals surface area contributed by atoms with Gasteiger partial charge in [0.2, 0.25) is 5.91 Å². The van der Waals surface area contributed by atoms with Crippen molar-refractivity contribution in [2.45, 2.75) is 19.1 Å². The van der Waals surface area contributed by atoms with E-state index in [1.165, 1.54) is 11.1 Å². The standard InChI is InChI=1S/C21H21N3O2S/c1-13-4-6-15(7-5-13)20-19-14(2)23-24(21(19)22-18(25)12-27-20)16-8-10-17(26-3)11-9-16/h4-11,20H,12H2,1-3H3,(H,22,25)/t20-/m0/s1. The van der Waals surface area contributed by atoms with Gasteiger partial charge in [-0.15, -0.1) is 11.8 Å². The molecule has 0 aliphatic carbocycles. The van der Waals surface area contributed by atoms with Crippen molar-refractivity contribution in [3.8, 4) is 11.4 Å². The molecule has 0 unspecified atom stereocenters. The van der Waals surface area contributed by atoms with E-state index >= 15 is 0 Å². The van der Waals surface area contributed by atoms with Gasteiger partial charge in [0.1, 0.15) is 11.6 Å². The number of hydrogen-bond acceptors (Lipinski definition) is 4. The molecule has 1 atom stereocenters. The van der Waals surface area contributed by atoms with Crippen molar-refractivity contribution in [3.63, 3.8) is 0 Å². The topological polar surface area (TPSA) is 56.1 Å². The van der Waals surface area contributed by atoms with Gasteiger partial charge in [-0.1, -0.05) is 29.8 Å². The molecule has 2 aromatic carbocycles. The molecule has 2 heterocycles. The predicted octanol–water partition coefficient (Wildman–Crippen LogP) is 4.27. The molecule has 0 spiro atoms. The monoisotopic (exact) mass is 379 g/mol. The van der Waals surface area contributed by atoms with Crippen LogP contribution < -0.4 is 10.1 Å². The molecule has 0 radical (unpaired) electrons. The van der Waals surface area contributed by atoms with Crippen molar-refractivity contribution in [3.05, 3.63) is 70.9 Å². The number of benzene rings is 2. The number of fused-ring (bicyclic) bond motifs is 1. The first-order valence-corrected chi connectivity index (χ1v) is 9.83. The first kappa shape index (κ1) is 17.7. The summed E-state index contributed by atoms with van der Waals surface area (Å²) >= 11 is 1.64. The second-order valence-corrected chi connectivity index (χ2v) is 7.70. The number of amides is 1. The van der Waals surface area contributed by atoms with Crippen LogP contribution in [0, 0.1) is 13.8 Å². The molecule has 4 rings (SSSR count). The van der Waals surface area contributed by atoms with E-state index in [9.17, 15) is 4.79 Å². The summed E-state index contributed by atoms with van der Waals surface area (Å²) in [5.41, 5.74) is 5.26. The van der Waals surface area contributed by atoms with Gasteiger partial charge >= 0.3 is 0 Å². The number of methoxy groups -OCH3 is 1. The molecule has 5 nitrogen and oxygen atoms in total. The number of aryl methyl sites for hydroxylation is 2. The number of ether oxygens (including phenoxy) is 1. The molecular weight excluding hydrogens is 358 g/mol. The normalized spacial score (nSPS) is 16.4. The molecular formula is C21H21N3O2S. The van der Waals surface area contributed by atoms with Gasteiger partial charge in [0.05, 0.1) is 29.5 Å². The van der Waals surface area contributed by atoms with Crippen LogP contribution in [-0.2, 0) is 4.79 Å². The van der Waals surface area contributed by atoms with Crippen molar-refractivity contribution in [1.29, 1.82) is 0 Å². The van der Waals surface area contributed by atoms with E-state index in [1.54, 1.807) is 18.9 Å². The fraction of sp³-hybridized carbons (Fsp3) is 0.238. The Hall–Kier alpha value is -2.73. The number of anilines is 1. The van der Waals surface area contributed by atoms with Gasteiger partial charge in [0, 0.05) is 5.56 Å². The van der Waals surface area contributed by atoms with Crippen LogP contribution in [0.3, 0.4) is 0 Å². The number of carbonyl (C=O) groups excluding carboxylic acids is 1. The Labute approximate surface area is 162 Å². The molecule has 1 aromatic heterocycles. The Morgan fingerprint density at radius 3 is 2.48 bits per heavy atom. The Balaban J connectivity index is 1.84. The maximum absolute atomic E-state index is 12.4. The van der Waals surface area contributed by atoms with E-state index in [0.29, 0.717) is 5.75 Å². The van der Waals surface area contributed by atoms with Crippen LogP contribution in [0.15, 0.2) is 48.5 Å². The highest BCUT2D eigenvalue weighted by atomic mass is 32.2. The first-order valence-electron chi connectivity index (χ1n) is 8.79. The number of carbonyl (C=O) groups is 1. The minimum Gasteiger partial charge on any atom is -0.497 e. The Morgan fingerprint density at radius 1 is 1.11 bits per heavy atom. The van der Waals surface area contributed by atoms with Crippen molar-refractivity contribution >= 4 is 23.5 Å². The molecule has 138 valence electrons. The zero-order chi connectivity index (χ0) is 19.0. The van der Waals surface area contributed by atoms with Crippen LogP contribution in [0.1, 0.15) is 27.6 Å². The van der Waals surface area contributed by atoms with E-state index in [-0.39, 0.29) is 11.2 Å². The van der Waals surface area contributed by atoms with Gasteiger partial charge in [-0.05, 0) is 43.7 Å². The van der Waals surface area contributed by atoms with Gasteiger partial charge in [-0.3, -0.25) is 4.79 Å². The molecule has 0 saturated carbocycles. The first-order chi connectivity index (χ1) is 13.1. The van der Waals surface area contributed by atoms with Crippen LogP contribution in [0.4, 0.5) is 5.82 Å². The van der Waals surface area contributed by atoms with Crippen LogP contribution >= 0.6 is 11.8 Å². The quantitative estimate of drug-likeness (QED) is 0.738. The summed E-state index contributed by atoms with van der Waals surface area (Å²) in [4.78, 5) is 12.4. The van der Waals surface area contributed by atoms with Gasteiger partial charge in [-0.25, -0.2) is 4.68 Å². The minimum atomic E-state index is -0.00877. The lowest BCUT2D eigenvalue weighted by molar-refractivity contribution is -0.113. The number of aromatic nitrogens is 2. The lowest BCUT2D eigenvalue weighted by atomic mass is 10.0. The van der Waals surface area contributed by atoms with Crippen molar-refractivity contribution in [2.75, 3.05) is 18.2 Å². The van der Waals surface area contributed by atoms with Gasteiger partial charge in [0.25, 0.3) is 0 Å². The summed E-state index contributed by atoms with van der Waals surface area (Å²) in [7, 11) is 1.64. The third-order valence-corrected chi connectivity index (χ3v) is 5.97. The summed E-state index contributed by atoms with van der Waals surface area (Å²) < 4.78 is 7.06. The summed E-state index contributed by atoms with van der Waals surface area (Å²) in [5, 5.41) is 7.86. The van der Waals surface area contributed by atoms with Gasteiger partial charge in [0.15, 0.2) is 0 Å². The van der Waals surface area contributed by atoms with Crippen LogP contribution in [0.2, 0.25) is 0 Å². The minimum absolute atomic E-state index is 0.00877. The highest BCUT2D eigenvalue weighted by Crippen LogP contribution is 2.43. The molecule has 27 heavy (non-hydrogen) atoms. The number of nitrogens with one attached hydrogen (secondary N) is 1. The molecule has 1 aliphatic heterocycles. The third-order valence-electron chi connectivity index (χ3n) is 4.70. The second-order valence-electron chi connectivity index (χ2n) is 6.61. The smallest absolute Gasteiger partial charge is 0.235 e. The van der Waals surface area contributed by atoms with E-state index < -0.39 is 0 Å². The van der Waals surface area contributed by atoms with Crippen LogP contribution in [0.5, 0.6) is 5.75 Å². The number of hydrogen-bond donors (Lipinski definition) is 1. The van der Waals surface area contributed by atoms with E-state index in [2.05, 4.69) is 36.5 Å².